The molecule has 7 heteroatoms. The van der Waals surface area contributed by atoms with Crippen molar-refractivity contribution >= 4 is 11.5 Å². The monoisotopic (exact) mass is 275 g/mol. The Morgan fingerprint density at radius 1 is 1.40 bits per heavy atom. The van der Waals surface area contributed by atoms with Gasteiger partial charge in [-0.15, -0.1) is 0 Å². The van der Waals surface area contributed by atoms with E-state index in [1.807, 2.05) is 6.92 Å². The highest BCUT2D eigenvalue weighted by atomic mass is 16.6. The number of nitro groups is 1. The molecule has 2 aromatic rings. The lowest BCUT2D eigenvalue weighted by atomic mass is 10.3. The third-order valence-electron chi connectivity index (χ3n) is 2.80. The molecule has 7 nitrogen and oxygen atoms in total. The Hall–Kier alpha value is -2.44. The molecule has 0 aromatic carbocycles. The average Bonchev–Trinajstić information content (AvgIpc) is 2.87. The Kier molecular flexibility index (Phi) is 4.29. The molecule has 0 atom stereocenters. The number of rotatable bonds is 6. The van der Waals surface area contributed by atoms with Gasteiger partial charge in [-0.25, -0.2) is 9.97 Å². The summed E-state index contributed by atoms with van der Waals surface area (Å²) in [5, 5.41) is 14.0. The largest absolute Gasteiger partial charge is 0.370 e. The van der Waals surface area contributed by atoms with Crippen molar-refractivity contribution in [3.05, 3.63) is 40.5 Å². The van der Waals surface area contributed by atoms with E-state index < -0.39 is 4.92 Å². The summed E-state index contributed by atoms with van der Waals surface area (Å²) < 4.78 is 1.79. The highest BCUT2D eigenvalue weighted by molar-refractivity contribution is 5.50. The van der Waals surface area contributed by atoms with Gasteiger partial charge in [0.15, 0.2) is 0 Å². The second-order valence-corrected chi connectivity index (χ2v) is 4.32. The van der Waals surface area contributed by atoms with Gasteiger partial charge in [-0.2, -0.15) is 0 Å². The maximum absolute atomic E-state index is 11.0. The Morgan fingerprint density at radius 2 is 2.20 bits per heavy atom. The van der Waals surface area contributed by atoms with Crippen LogP contribution in [0.3, 0.4) is 0 Å². The van der Waals surface area contributed by atoms with Gasteiger partial charge in [-0.1, -0.05) is 6.92 Å². The van der Waals surface area contributed by atoms with E-state index in [0.29, 0.717) is 18.2 Å². The molecule has 2 heterocycles. The van der Waals surface area contributed by atoms with Crippen molar-refractivity contribution in [3.8, 4) is 5.82 Å². The molecule has 106 valence electrons. The summed E-state index contributed by atoms with van der Waals surface area (Å²) in [6.07, 6.45) is 5.20. The van der Waals surface area contributed by atoms with E-state index >= 15 is 0 Å². The number of nitrogens with one attached hydrogen (secondary N) is 1. The van der Waals surface area contributed by atoms with Crippen LogP contribution in [0.2, 0.25) is 0 Å². The van der Waals surface area contributed by atoms with Gasteiger partial charge in [-0.05, 0) is 13.3 Å². The van der Waals surface area contributed by atoms with Crippen molar-refractivity contribution in [1.82, 2.24) is 14.5 Å². The Balaban J connectivity index is 2.48. The topological polar surface area (TPSA) is 85.9 Å². The minimum absolute atomic E-state index is 0.0158. The van der Waals surface area contributed by atoms with Gasteiger partial charge in [0.2, 0.25) is 0 Å². The van der Waals surface area contributed by atoms with Gasteiger partial charge in [0.25, 0.3) is 5.69 Å². The van der Waals surface area contributed by atoms with Crippen molar-refractivity contribution in [2.24, 2.45) is 0 Å². The molecular weight excluding hydrogens is 258 g/mol. The summed E-state index contributed by atoms with van der Waals surface area (Å²) in [5.41, 5.74) is 0.0158. The quantitative estimate of drug-likeness (QED) is 0.646. The zero-order chi connectivity index (χ0) is 14.5. The van der Waals surface area contributed by atoms with E-state index in [1.54, 1.807) is 17.0 Å². The summed E-state index contributed by atoms with van der Waals surface area (Å²) >= 11 is 0. The first-order valence-corrected chi connectivity index (χ1v) is 6.58. The first-order chi connectivity index (χ1) is 9.65. The molecule has 2 aromatic heterocycles. The molecule has 0 aliphatic rings. The number of anilines is 1. The van der Waals surface area contributed by atoms with E-state index in [1.165, 1.54) is 12.1 Å². The first-order valence-electron chi connectivity index (χ1n) is 6.58. The molecule has 0 saturated carbocycles. The lowest BCUT2D eigenvalue weighted by Crippen LogP contribution is -2.07. The van der Waals surface area contributed by atoms with Gasteiger partial charge in [0, 0.05) is 25.4 Å². The minimum atomic E-state index is -0.414. The van der Waals surface area contributed by atoms with Crippen LogP contribution in [0.5, 0.6) is 0 Å². The molecule has 2 rings (SSSR count). The second kappa shape index (κ2) is 6.14. The van der Waals surface area contributed by atoms with Crippen LogP contribution in [0.4, 0.5) is 11.5 Å². The van der Waals surface area contributed by atoms with Crippen molar-refractivity contribution in [3.63, 3.8) is 0 Å². The predicted molar refractivity (Wildman–Crippen MR) is 76.2 cm³/mol. The van der Waals surface area contributed by atoms with E-state index in [0.717, 1.165) is 18.7 Å². The van der Waals surface area contributed by atoms with Gasteiger partial charge >= 0.3 is 0 Å². The molecule has 1 N–H and O–H groups in total. The van der Waals surface area contributed by atoms with E-state index in [2.05, 4.69) is 22.2 Å². The number of aromatic nitrogens is 3. The third kappa shape index (κ3) is 2.93. The summed E-state index contributed by atoms with van der Waals surface area (Å²) in [6, 6.07) is 2.89. The minimum Gasteiger partial charge on any atom is -0.370 e. The molecule has 0 saturated heterocycles. The molecule has 0 amide bonds. The van der Waals surface area contributed by atoms with Gasteiger partial charge < -0.3 is 5.32 Å². The smallest absolute Gasteiger partial charge is 0.276 e. The maximum Gasteiger partial charge on any atom is 0.276 e. The summed E-state index contributed by atoms with van der Waals surface area (Å²) in [6.45, 7) is 4.63. The molecule has 0 spiro atoms. The second-order valence-electron chi connectivity index (χ2n) is 4.32. The molecule has 0 aliphatic carbocycles. The standard InChI is InChI=1S/C13H17N5O2/c1-3-5-12-15-6-7-17(12)13-9-10(18(19)20)8-11(16-13)14-4-2/h6-9H,3-5H2,1-2H3,(H,14,16). The zero-order valence-corrected chi connectivity index (χ0v) is 11.5. The Bertz CT molecular complexity index is 609. The maximum atomic E-state index is 11.0. The van der Waals surface area contributed by atoms with Crippen LogP contribution in [0.25, 0.3) is 5.82 Å². The molecule has 0 unspecified atom stereocenters. The number of imidazole rings is 1. The lowest BCUT2D eigenvalue weighted by Gasteiger charge is -2.09. The summed E-state index contributed by atoms with van der Waals surface area (Å²) in [7, 11) is 0. The average molecular weight is 275 g/mol. The molecule has 0 bridgehead atoms. The van der Waals surface area contributed by atoms with E-state index in [9.17, 15) is 10.1 Å². The lowest BCUT2D eigenvalue weighted by molar-refractivity contribution is -0.384. The van der Waals surface area contributed by atoms with Crippen molar-refractivity contribution in [1.29, 1.82) is 0 Å². The van der Waals surface area contributed by atoms with Crippen LogP contribution in [0, 0.1) is 10.1 Å². The van der Waals surface area contributed by atoms with Crippen LogP contribution >= 0.6 is 0 Å². The highest BCUT2D eigenvalue weighted by Crippen LogP contribution is 2.21. The summed E-state index contributed by atoms with van der Waals surface area (Å²) in [4.78, 5) is 19.3. The molecule has 0 fully saturated rings. The van der Waals surface area contributed by atoms with Crippen LogP contribution in [-0.2, 0) is 6.42 Å². The van der Waals surface area contributed by atoms with Gasteiger partial charge in [0.05, 0.1) is 17.1 Å². The third-order valence-corrected chi connectivity index (χ3v) is 2.80. The number of pyridine rings is 1. The first kappa shape index (κ1) is 14.0. The normalized spacial score (nSPS) is 10.5. The zero-order valence-electron chi connectivity index (χ0n) is 11.5. The van der Waals surface area contributed by atoms with Crippen molar-refractivity contribution in [2.45, 2.75) is 26.7 Å². The molecule has 20 heavy (non-hydrogen) atoms. The number of hydrogen-bond acceptors (Lipinski definition) is 5. The number of aryl methyl sites for hydroxylation is 1. The Morgan fingerprint density at radius 3 is 2.85 bits per heavy atom. The predicted octanol–water partition coefficient (Wildman–Crippen LogP) is 2.56. The highest BCUT2D eigenvalue weighted by Gasteiger charge is 2.14. The molecule has 0 radical (unpaired) electrons. The van der Waals surface area contributed by atoms with Gasteiger partial charge in [-0.3, -0.25) is 14.7 Å². The number of nitrogens with zero attached hydrogens (tertiary/aromatic N) is 4. The van der Waals surface area contributed by atoms with Crippen LogP contribution < -0.4 is 5.32 Å². The summed E-state index contributed by atoms with van der Waals surface area (Å²) in [5.74, 6) is 1.85. The van der Waals surface area contributed by atoms with Crippen LogP contribution in [0.1, 0.15) is 26.1 Å². The SMILES string of the molecule is CCCc1nccn1-c1cc([N+](=O)[O-])cc(NCC)n1. The molecule has 0 aliphatic heterocycles. The Labute approximate surface area is 116 Å². The fraction of sp³-hybridized carbons (Fsp3) is 0.385. The van der Waals surface area contributed by atoms with Crippen molar-refractivity contribution < 1.29 is 4.92 Å². The fourth-order valence-corrected chi connectivity index (χ4v) is 1.95. The van der Waals surface area contributed by atoms with Gasteiger partial charge in [0.1, 0.15) is 17.5 Å². The fourth-order valence-electron chi connectivity index (χ4n) is 1.95. The molecular formula is C13H17N5O2. The van der Waals surface area contributed by atoms with E-state index in [4.69, 9.17) is 0 Å². The number of hydrogen-bond donors (Lipinski definition) is 1. The van der Waals surface area contributed by atoms with Crippen molar-refractivity contribution in [2.75, 3.05) is 11.9 Å². The van der Waals surface area contributed by atoms with Crippen LogP contribution in [-0.4, -0.2) is 26.0 Å². The van der Waals surface area contributed by atoms with E-state index in [-0.39, 0.29) is 5.69 Å². The van der Waals surface area contributed by atoms with Crippen LogP contribution in [0.15, 0.2) is 24.5 Å².